The van der Waals surface area contributed by atoms with Gasteiger partial charge in [-0.15, -0.1) is 13.2 Å². The van der Waals surface area contributed by atoms with Gasteiger partial charge in [-0.1, -0.05) is 6.07 Å². The Kier molecular flexibility index (Phi) is 2.50. The van der Waals surface area contributed by atoms with Gasteiger partial charge < -0.3 is 4.74 Å². The van der Waals surface area contributed by atoms with E-state index >= 15 is 0 Å². The summed E-state index contributed by atoms with van der Waals surface area (Å²) in [5, 5.41) is 0. The fourth-order valence-corrected chi connectivity index (χ4v) is 0.865. The molecule has 1 rings (SSSR count). The zero-order chi connectivity index (χ0) is 10.1. The van der Waals surface area contributed by atoms with E-state index in [1.165, 1.54) is 18.2 Å². The molecule has 71 valence electrons. The van der Waals surface area contributed by atoms with Gasteiger partial charge in [-0.2, -0.15) is 0 Å². The van der Waals surface area contributed by atoms with Crippen LogP contribution in [0.1, 0.15) is 11.1 Å². The third kappa shape index (κ3) is 2.97. The highest BCUT2D eigenvalue weighted by Gasteiger charge is 2.31. The Balaban J connectivity index is 2.86. The van der Waals surface area contributed by atoms with E-state index < -0.39 is 6.36 Å². The molecular formula is C9H8F3O. The molecule has 13 heavy (non-hydrogen) atoms. The zero-order valence-corrected chi connectivity index (χ0v) is 6.98. The molecule has 0 atom stereocenters. The summed E-state index contributed by atoms with van der Waals surface area (Å²) >= 11 is 0. The summed E-state index contributed by atoms with van der Waals surface area (Å²) in [6.07, 6.45) is -4.63. The van der Waals surface area contributed by atoms with Gasteiger partial charge >= 0.3 is 6.36 Å². The summed E-state index contributed by atoms with van der Waals surface area (Å²) < 4.78 is 38.9. The lowest BCUT2D eigenvalue weighted by molar-refractivity contribution is -0.274. The van der Waals surface area contributed by atoms with Crippen LogP contribution in [0.5, 0.6) is 5.75 Å². The van der Waals surface area contributed by atoms with E-state index in [0.717, 1.165) is 0 Å². The number of aryl methyl sites for hydroxylation is 1. The molecule has 0 N–H and O–H groups in total. The van der Waals surface area contributed by atoms with Gasteiger partial charge in [0.05, 0.1) is 0 Å². The summed E-state index contributed by atoms with van der Waals surface area (Å²) in [6.45, 7) is 5.29. The topological polar surface area (TPSA) is 9.23 Å². The van der Waals surface area contributed by atoms with E-state index in [1.54, 1.807) is 6.92 Å². The number of hydrogen-bond donors (Lipinski definition) is 0. The highest BCUT2D eigenvalue weighted by molar-refractivity contribution is 5.36. The summed E-state index contributed by atoms with van der Waals surface area (Å²) in [7, 11) is 0. The molecule has 0 bridgehead atoms. The van der Waals surface area contributed by atoms with Crippen LogP contribution in [0, 0.1) is 13.8 Å². The predicted octanol–water partition coefficient (Wildman–Crippen LogP) is 3.08. The van der Waals surface area contributed by atoms with Gasteiger partial charge in [0.15, 0.2) is 0 Å². The maximum absolute atomic E-state index is 11.7. The van der Waals surface area contributed by atoms with Gasteiger partial charge in [-0.3, -0.25) is 0 Å². The number of halogens is 3. The van der Waals surface area contributed by atoms with Crippen molar-refractivity contribution in [1.82, 2.24) is 0 Å². The number of rotatable bonds is 1. The molecule has 0 amide bonds. The first kappa shape index (κ1) is 9.89. The van der Waals surface area contributed by atoms with Crippen molar-refractivity contribution in [3.8, 4) is 5.75 Å². The summed E-state index contributed by atoms with van der Waals surface area (Å²) in [6, 6.07) is 4.02. The fraction of sp³-hybridized carbons (Fsp3) is 0.222. The molecule has 0 spiro atoms. The third-order valence-electron chi connectivity index (χ3n) is 1.55. The zero-order valence-electron chi connectivity index (χ0n) is 6.98. The lowest BCUT2D eigenvalue weighted by Crippen LogP contribution is -2.17. The van der Waals surface area contributed by atoms with E-state index in [9.17, 15) is 13.2 Å². The fourth-order valence-electron chi connectivity index (χ4n) is 0.865. The molecule has 4 heteroatoms. The normalized spacial score (nSPS) is 11.5. The van der Waals surface area contributed by atoms with Crippen LogP contribution in [0.25, 0.3) is 0 Å². The lowest BCUT2D eigenvalue weighted by atomic mass is 10.1. The van der Waals surface area contributed by atoms with Crippen molar-refractivity contribution in [2.24, 2.45) is 0 Å². The number of ether oxygens (including phenoxy) is 1. The van der Waals surface area contributed by atoms with Crippen molar-refractivity contribution < 1.29 is 17.9 Å². The molecule has 0 aliphatic rings. The molecule has 1 aromatic carbocycles. The maximum Gasteiger partial charge on any atom is 0.573 e. The van der Waals surface area contributed by atoms with Crippen LogP contribution in [-0.2, 0) is 0 Å². The molecule has 0 heterocycles. The smallest absolute Gasteiger partial charge is 0.406 e. The van der Waals surface area contributed by atoms with Gasteiger partial charge in [0.1, 0.15) is 5.75 Å². The minimum atomic E-state index is -4.63. The second-order valence-electron chi connectivity index (χ2n) is 2.64. The number of benzene rings is 1. The third-order valence-corrected chi connectivity index (χ3v) is 1.55. The van der Waals surface area contributed by atoms with Gasteiger partial charge in [0.25, 0.3) is 0 Å². The van der Waals surface area contributed by atoms with Crippen LogP contribution in [0.3, 0.4) is 0 Å². The first-order chi connectivity index (χ1) is 5.88. The van der Waals surface area contributed by atoms with Crippen LogP contribution in [0.2, 0.25) is 0 Å². The summed E-state index contributed by atoms with van der Waals surface area (Å²) in [5.41, 5.74) is 1.36. The van der Waals surface area contributed by atoms with Gasteiger partial charge in [-0.05, 0) is 37.1 Å². The minimum Gasteiger partial charge on any atom is -0.406 e. The van der Waals surface area contributed by atoms with Crippen LogP contribution in [0.15, 0.2) is 18.2 Å². The van der Waals surface area contributed by atoms with Crippen molar-refractivity contribution in [3.63, 3.8) is 0 Å². The predicted molar refractivity (Wildman–Crippen MR) is 42.3 cm³/mol. The van der Waals surface area contributed by atoms with Gasteiger partial charge in [0, 0.05) is 0 Å². The van der Waals surface area contributed by atoms with Gasteiger partial charge in [0.2, 0.25) is 0 Å². The second-order valence-corrected chi connectivity index (χ2v) is 2.64. The molecule has 0 unspecified atom stereocenters. The molecule has 0 saturated heterocycles. The van der Waals surface area contributed by atoms with Crippen molar-refractivity contribution in [2.45, 2.75) is 13.3 Å². The van der Waals surface area contributed by atoms with Gasteiger partial charge in [-0.25, -0.2) is 0 Å². The Morgan fingerprint density at radius 1 is 1.31 bits per heavy atom. The van der Waals surface area contributed by atoms with Crippen LogP contribution >= 0.6 is 0 Å². The average molecular weight is 189 g/mol. The molecule has 0 aliphatic carbocycles. The summed E-state index contributed by atoms with van der Waals surface area (Å²) in [4.78, 5) is 0. The Hall–Kier alpha value is -1.19. The first-order valence-electron chi connectivity index (χ1n) is 3.57. The second kappa shape index (κ2) is 3.28. The maximum atomic E-state index is 11.7. The standard InChI is InChI=1S/C9H8F3O/c1-6-3-4-8(5-7(6)2)13-9(10,11)12/h3-5H,1H2,2H3. The molecule has 0 saturated carbocycles. The van der Waals surface area contributed by atoms with E-state index in [0.29, 0.717) is 11.1 Å². The number of alkyl halides is 3. The summed E-state index contributed by atoms with van der Waals surface area (Å²) in [5.74, 6) is -0.211. The number of hydrogen-bond acceptors (Lipinski definition) is 1. The van der Waals surface area contributed by atoms with Crippen molar-refractivity contribution in [1.29, 1.82) is 0 Å². The highest BCUT2D eigenvalue weighted by Crippen LogP contribution is 2.24. The van der Waals surface area contributed by atoms with E-state index in [2.05, 4.69) is 11.7 Å². The Morgan fingerprint density at radius 2 is 1.92 bits per heavy atom. The van der Waals surface area contributed by atoms with Crippen LogP contribution in [0.4, 0.5) is 13.2 Å². The average Bonchev–Trinajstić information content (AvgIpc) is 1.94. The van der Waals surface area contributed by atoms with E-state index in [1.807, 2.05) is 0 Å². The van der Waals surface area contributed by atoms with Crippen molar-refractivity contribution in [2.75, 3.05) is 0 Å². The van der Waals surface area contributed by atoms with E-state index in [4.69, 9.17) is 0 Å². The Bertz CT molecular complexity index is 304. The van der Waals surface area contributed by atoms with Crippen LogP contribution < -0.4 is 4.74 Å². The first-order valence-corrected chi connectivity index (χ1v) is 3.57. The minimum absolute atomic E-state index is 0.211. The Morgan fingerprint density at radius 3 is 2.38 bits per heavy atom. The lowest BCUT2D eigenvalue weighted by Gasteiger charge is -2.09. The van der Waals surface area contributed by atoms with Crippen molar-refractivity contribution >= 4 is 0 Å². The molecule has 0 fully saturated rings. The molecule has 0 aliphatic heterocycles. The molecule has 1 aromatic rings. The Labute approximate surface area is 74.1 Å². The molecule has 0 aromatic heterocycles. The quantitative estimate of drug-likeness (QED) is 0.659. The largest absolute Gasteiger partial charge is 0.573 e. The molecule has 1 nitrogen and oxygen atoms in total. The van der Waals surface area contributed by atoms with Crippen LogP contribution in [-0.4, -0.2) is 6.36 Å². The van der Waals surface area contributed by atoms with Crippen molar-refractivity contribution in [3.05, 3.63) is 36.2 Å². The SMILES string of the molecule is [CH2]c1ccc(OC(F)(F)F)cc1C. The molecule has 1 radical (unpaired) electrons. The monoisotopic (exact) mass is 189 g/mol. The van der Waals surface area contributed by atoms with E-state index in [-0.39, 0.29) is 5.75 Å². The molecular weight excluding hydrogens is 181 g/mol. The highest BCUT2D eigenvalue weighted by atomic mass is 19.4.